The van der Waals surface area contributed by atoms with E-state index in [0.29, 0.717) is 54.9 Å². The third-order valence-electron chi connectivity index (χ3n) is 5.38. The topological polar surface area (TPSA) is 131 Å². The number of piperidine rings is 1. The van der Waals surface area contributed by atoms with E-state index in [1.807, 2.05) is 0 Å². The number of hydrogen-bond acceptors (Lipinski definition) is 8. The molecule has 0 aromatic carbocycles. The Bertz CT molecular complexity index is 1140. The highest BCUT2D eigenvalue weighted by molar-refractivity contribution is 7.94. The lowest BCUT2D eigenvalue weighted by molar-refractivity contribution is 0.0850. The summed E-state index contributed by atoms with van der Waals surface area (Å²) in [5.41, 5.74) is 2.52. The lowest BCUT2D eigenvalue weighted by Crippen LogP contribution is -2.41. The molecule has 31 heavy (non-hydrogen) atoms. The molecule has 3 aliphatic rings. The molecule has 1 aromatic heterocycles. The van der Waals surface area contributed by atoms with Crippen molar-refractivity contribution in [3.63, 3.8) is 0 Å². The summed E-state index contributed by atoms with van der Waals surface area (Å²) in [7, 11) is -1.87. The summed E-state index contributed by atoms with van der Waals surface area (Å²) in [6.45, 7) is 0.770. The Morgan fingerprint density at radius 2 is 1.97 bits per heavy atom. The van der Waals surface area contributed by atoms with E-state index in [4.69, 9.17) is 14.6 Å². The third-order valence-corrected chi connectivity index (χ3v) is 6.52. The van der Waals surface area contributed by atoms with Crippen LogP contribution in [-0.2, 0) is 9.84 Å². The quantitative estimate of drug-likeness (QED) is 0.727. The number of carboxylic acid groups (broad SMARTS) is 1. The summed E-state index contributed by atoms with van der Waals surface area (Å²) in [4.78, 5) is 25.6. The van der Waals surface area contributed by atoms with Gasteiger partial charge in [0.1, 0.15) is 18.1 Å². The molecule has 4 rings (SSSR count). The molecule has 0 radical (unpaired) electrons. The number of rotatable bonds is 5. The van der Waals surface area contributed by atoms with Crippen LogP contribution < -0.4 is 9.47 Å². The number of fused-ring (bicyclic) bond motifs is 1. The second-order valence-corrected chi connectivity index (χ2v) is 9.42. The maximum Gasteiger partial charge on any atom is 0.407 e. The zero-order chi connectivity index (χ0) is 22.2. The van der Waals surface area contributed by atoms with Crippen molar-refractivity contribution in [1.29, 1.82) is 0 Å². The van der Waals surface area contributed by atoms with Crippen LogP contribution in [0.1, 0.15) is 25.0 Å². The summed E-state index contributed by atoms with van der Waals surface area (Å²) in [6.07, 6.45) is 7.75. The van der Waals surface area contributed by atoms with Crippen molar-refractivity contribution in [1.82, 2.24) is 14.9 Å². The molecule has 1 fully saturated rings. The summed E-state index contributed by atoms with van der Waals surface area (Å²) < 4.78 is 35.6. The van der Waals surface area contributed by atoms with E-state index in [-0.39, 0.29) is 16.9 Å². The Morgan fingerprint density at radius 3 is 2.61 bits per heavy atom. The molecule has 1 aromatic rings. The van der Waals surface area contributed by atoms with E-state index in [9.17, 15) is 13.2 Å². The summed E-state index contributed by atoms with van der Waals surface area (Å²) >= 11 is 0. The number of amides is 1. The molecule has 2 aliphatic heterocycles. The summed E-state index contributed by atoms with van der Waals surface area (Å²) in [5.74, 6) is 0.577. The van der Waals surface area contributed by atoms with Gasteiger partial charge in [-0.1, -0.05) is 6.08 Å². The predicted octanol–water partition coefficient (Wildman–Crippen LogP) is 2.06. The maximum atomic E-state index is 12.0. The molecule has 3 heterocycles. The molecule has 11 heteroatoms. The number of methoxy groups -OCH3 is 1. The minimum Gasteiger partial charge on any atom is -0.490 e. The van der Waals surface area contributed by atoms with Crippen molar-refractivity contribution in [3.05, 3.63) is 40.9 Å². The summed E-state index contributed by atoms with van der Waals surface area (Å²) in [5, 5.41) is 9.10. The molecule has 10 nitrogen and oxygen atoms in total. The largest absolute Gasteiger partial charge is 0.490 e. The van der Waals surface area contributed by atoms with Crippen molar-refractivity contribution in [3.8, 4) is 11.6 Å². The lowest BCUT2D eigenvalue weighted by Gasteiger charge is -2.30. The van der Waals surface area contributed by atoms with Gasteiger partial charge in [-0.3, -0.25) is 4.99 Å². The average Bonchev–Trinajstić information content (AvgIpc) is 3.16. The average molecular weight is 446 g/mol. The molecule has 1 amide bonds. The highest BCUT2D eigenvalue weighted by atomic mass is 32.2. The first-order valence-electron chi connectivity index (χ1n) is 9.71. The number of nitrogens with zero attached hydrogens (tertiary/aromatic N) is 4. The minimum absolute atomic E-state index is 0.203. The maximum absolute atomic E-state index is 12.0. The second-order valence-electron chi connectivity index (χ2n) is 7.41. The van der Waals surface area contributed by atoms with Gasteiger partial charge >= 0.3 is 6.09 Å². The molecule has 1 N–H and O–H groups in total. The number of aliphatic imine (C=N–C) groups is 1. The van der Waals surface area contributed by atoms with Gasteiger partial charge in [0, 0.05) is 56.0 Å². The number of hydrogen-bond donors (Lipinski definition) is 1. The van der Waals surface area contributed by atoms with E-state index in [2.05, 4.69) is 15.0 Å². The number of allylic oxidation sites excluding steroid dienone is 4. The fourth-order valence-corrected chi connectivity index (χ4v) is 4.46. The highest BCUT2D eigenvalue weighted by Gasteiger charge is 2.30. The Hall–Kier alpha value is -3.21. The molecule has 1 saturated heterocycles. The number of carbonyl (C=O) groups is 1. The van der Waals surface area contributed by atoms with E-state index in [0.717, 1.165) is 5.71 Å². The number of aromatic nitrogens is 2. The molecule has 164 valence electrons. The predicted molar refractivity (Wildman–Crippen MR) is 113 cm³/mol. The molecule has 0 atom stereocenters. The van der Waals surface area contributed by atoms with Crippen LogP contribution in [0.2, 0.25) is 0 Å². The molecule has 0 spiro atoms. The smallest absolute Gasteiger partial charge is 0.407 e. The highest BCUT2D eigenvalue weighted by Crippen LogP contribution is 2.40. The Kier molecular flexibility index (Phi) is 5.52. The first-order valence-corrected chi connectivity index (χ1v) is 11.6. The molecule has 0 bridgehead atoms. The van der Waals surface area contributed by atoms with E-state index < -0.39 is 15.9 Å². The zero-order valence-corrected chi connectivity index (χ0v) is 17.9. The molecule has 1 aliphatic carbocycles. The van der Waals surface area contributed by atoms with Crippen molar-refractivity contribution in [2.45, 2.75) is 25.4 Å². The fraction of sp³-hybridized carbons (Fsp3) is 0.400. The van der Waals surface area contributed by atoms with Crippen LogP contribution >= 0.6 is 0 Å². The fourth-order valence-electron chi connectivity index (χ4n) is 3.75. The molecule has 0 saturated carbocycles. The lowest BCUT2D eigenvalue weighted by atomic mass is 9.95. The number of sulfone groups is 1. The Labute approximate surface area is 179 Å². The minimum atomic E-state index is -3.36. The van der Waals surface area contributed by atoms with Crippen LogP contribution in [0.4, 0.5) is 4.79 Å². The van der Waals surface area contributed by atoms with Crippen molar-refractivity contribution < 1.29 is 27.8 Å². The van der Waals surface area contributed by atoms with Gasteiger partial charge in [-0.25, -0.2) is 18.2 Å². The standard InChI is InChI=1S/C20H22N4O6S/c1-29-18-17(15-10-21-16-4-3-13(9-14(15)16)31(2,27)28)22-11-23-19(18)30-12-5-7-24(8-6-12)20(25)26/h3,9-12H,4-8H2,1-2H3,(H,25,26). The van der Waals surface area contributed by atoms with Gasteiger partial charge in [0.05, 0.1) is 17.7 Å². The van der Waals surface area contributed by atoms with Gasteiger partial charge in [-0.2, -0.15) is 4.98 Å². The van der Waals surface area contributed by atoms with Crippen LogP contribution in [0.3, 0.4) is 0 Å². The van der Waals surface area contributed by atoms with E-state index >= 15 is 0 Å². The SMILES string of the molecule is COc1c(OC2CCN(C(=O)O)CC2)ncnc1C1=CN=C2CC=C(S(C)(=O)=O)C=C12. The van der Waals surface area contributed by atoms with Crippen LogP contribution in [0.25, 0.3) is 5.57 Å². The van der Waals surface area contributed by atoms with Crippen LogP contribution in [-0.4, -0.2) is 72.8 Å². The van der Waals surface area contributed by atoms with Crippen LogP contribution in [0.5, 0.6) is 11.6 Å². The van der Waals surface area contributed by atoms with Crippen molar-refractivity contribution in [2.75, 3.05) is 26.5 Å². The van der Waals surface area contributed by atoms with E-state index in [1.54, 1.807) is 18.4 Å². The Morgan fingerprint density at radius 1 is 1.23 bits per heavy atom. The van der Waals surface area contributed by atoms with E-state index in [1.165, 1.54) is 24.6 Å². The van der Waals surface area contributed by atoms with Crippen LogP contribution in [0, 0.1) is 0 Å². The second kappa shape index (κ2) is 8.14. The molecular weight excluding hydrogens is 424 g/mol. The summed E-state index contributed by atoms with van der Waals surface area (Å²) in [6, 6.07) is 0. The number of likely N-dealkylation sites (tertiary alicyclic amines) is 1. The molecule has 0 unspecified atom stereocenters. The van der Waals surface area contributed by atoms with Crippen LogP contribution in [0.15, 0.2) is 40.1 Å². The normalized spacial score (nSPS) is 19.1. The van der Waals surface area contributed by atoms with Gasteiger partial charge in [-0.05, 0) is 6.08 Å². The third kappa shape index (κ3) is 4.18. The Balaban J connectivity index is 1.60. The first-order chi connectivity index (χ1) is 14.8. The van der Waals surface area contributed by atoms with Gasteiger partial charge in [0.25, 0.3) is 5.88 Å². The van der Waals surface area contributed by atoms with Crippen molar-refractivity contribution in [2.24, 2.45) is 4.99 Å². The van der Waals surface area contributed by atoms with Gasteiger partial charge < -0.3 is 19.5 Å². The van der Waals surface area contributed by atoms with Crippen molar-refractivity contribution >= 4 is 27.2 Å². The first kappa shape index (κ1) is 21.0. The number of ether oxygens (including phenoxy) is 2. The molecular formula is C20H22N4O6S. The van der Waals surface area contributed by atoms with Gasteiger partial charge in [-0.15, -0.1) is 0 Å². The van der Waals surface area contributed by atoms with Gasteiger partial charge in [0.2, 0.25) is 5.75 Å². The monoisotopic (exact) mass is 446 g/mol. The zero-order valence-electron chi connectivity index (χ0n) is 17.1. The van der Waals surface area contributed by atoms with Gasteiger partial charge in [0.15, 0.2) is 9.84 Å².